The van der Waals surface area contributed by atoms with Gasteiger partial charge in [0, 0.05) is 6.04 Å². The van der Waals surface area contributed by atoms with E-state index in [1.165, 1.54) is 18.4 Å². The Kier molecular flexibility index (Phi) is 2.60. The standard InChI is InChI=1S/C12H15N5/c1-13-11-5-10(6-11)9-3-2-4-12(7-9)17-8-14-15-16-17/h2-4,7-8,10-11,13H,5-6H2,1H3. The van der Waals surface area contributed by atoms with Crippen LogP contribution in [0.4, 0.5) is 0 Å². The van der Waals surface area contributed by atoms with Crippen molar-refractivity contribution < 1.29 is 0 Å². The van der Waals surface area contributed by atoms with Gasteiger partial charge in [0.2, 0.25) is 0 Å². The summed E-state index contributed by atoms with van der Waals surface area (Å²) in [5.41, 5.74) is 2.41. The third kappa shape index (κ3) is 1.93. The van der Waals surface area contributed by atoms with Crippen LogP contribution >= 0.6 is 0 Å². The van der Waals surface area contributed by atoms with E-state index < -0.39 is 0 Å². The van der Waals surface area contributed by atoms with Gasteiger partial charge in [0.05, 0.1) is 5.69 Å². The van der Waals surface area contributed by atoms with Crippen LogP contribution < -0.4 is 5.32 Å². The largest absolute Gasteiger partial charge is 0.317 e. The lowest BCUT2D eigenvalue weighted by Crippen LogP contribution is -2.37. The van der Waals surface area contributed by atoms with Crippen molar-refractivity contribution >= 4 is 0 Å². The summed E-state index contributed by atoms with van der Waals surface area (Å²) in [5, 5.41) is 14.5. The number of nitrogens with zero attached hydrogens (tertiary/aromatic N) is 4. The molecule has 1 aromatic heterocycles. The lowest BCUT2D eigenvalue weighted by molar-refractivity contribution is 0.307. The maximum Gasteiger partial charge on any atom is 0.143 e. The second-order valence-electron chi connectivity index (χ2n) is 4.50. The molecule has 5 nitrogen and oxygen atoms in total. The second kappa shape index (κ2) is 4.25. The predicted molar refractivity (Wildman–Crippen MR) is 64.0 cm³/mol. The Balaban J connectivity index is 1.81. The maximum atomic E-state index is 3.91. The summed E-state index contributed by atoms with van der Waals surface area (Å²) in [5.74, 6) is 0.670. The van der Waals surface area contributed by atoms with Gasteiger partial charge >= 0.3 is 0 Å². The van der Waals surface area contributed by atoms with Crippen LogP contribution in [0.15, 0.2) is 30.6 Å². The summed E-state index contributed by atoms with van der Waals surface area (Å²) in [6.45, 7) is 0. The second-order valence-corrected chi connectivity index (χ2v) is 4.50. The van der Waals surface area contributed by atoms with Gasteiger partial charge in [0.1, 0.15) is 6.33 Å². The Morgan fingerprint density at radius 3 is 2.94 bits per heavy atom. The van der Waals surface area contributed by atoms with E-state index in [0.717, 1.165) is 5.69 Å². The minimum absolute atomic E-state index is 0.670. The number of hydrogen-bond acceptors (Lipinski definition) is 4. The average Bonchev–Trinajstić information content (AvgIpc) is 2.81. The molecule has 0 unspecified atom stereocenters. The summed E-state index contributed by atoms with van der Waals surface area (Å²) >= 11 is 0. The molecule has 1 aliphatic rings. The molecule has 5 heteroatoms. The molecule has 17 heavy (non-hydrogen) atoms. The monoisotopic (exact) mass is 229 g/mol. The molecule has 88 valence electrons. The lowest BCUT2D eigenvalue weighted by Gasteiger charge is -2.35. The highest BCUT2D eigenvalue weighted by Crippen LogP contribution is 2.37. The lowest BCUT2D eigenvalue weighted by atomic mass is 9.76. The summed E-state index contributed by atoms with van der Waals surface area (Å²) < 4.78 is 1.69. The van der Waals surface area contributed by atoms with Crippen molar-refractivity contribution in [2.75, 3.05) is 7.05 Å². The molecular weight excluding hydrogens is 214 g/mol. The van der Waals surface area contributed by atoms with Crippen molar-refractivity contribution in [3.05, 3.63) is 36.2 Å². The minimum atomic E-state index is 0.670. The first-order chi connectivity index (χ1) is 8.36. The number of hydrogen-bond donors (Lipinski definition) is 1. The molecule has 0 aliphatic heterocycles. The molecule has 0 spiro atoms. The van der Waals surface area contributed by atoms with E-state index in [1.54, 1.807) is 11.0 Å². The van der Waals surface area contributed by atoms with Crippen molar-refractivity contribution in [1.82, 2.24) is 25.5 Å². The van der Waals surface area contributed by atoms with Crippen LogP contribution in [0.1, 0.15) is 24.3 Å². The van der Waals surface area contributed by atoms with Gasteiger partial charge in [-0.3, -0.25) is 0 Å². The van der Waals surface area contributed by atoms with E-state index in [2.05, 4.69) is 39.0 Å². The molecule has 1 saturated carbocycles. The smallest absolute Gasteiger partial charge is 0.143 e. The summed E-state index contributed by atoms with van der Waals surface area (Å²) in [6.07, 6.45) is 4.06. The predicted octanol–water partition coefficient (Wildman–Crippen LogP) is 1.13. The number of aromatic nitrogens is 4. The van der Waals surface area contributed by atoms with Gasteiger partial charge in [-0.1, -0.05) is 12.1 Å². The summed E-state index contributed by atoms with van der Waals surface area (Å²) in [6, 6.07) is 9.13. The fourth-order valence-electron chi connectivity index (χ4n) is 2.33. The molecule has 0 radical (unpaired) electrons. The Hall–Kier alpha value is -1.75. The van der Waals surface area contributed by atoms with Crippen LogP contribution in [0, 0.1) is 0 Å². The van der Waals surface area contributed by atoms with Gasteiger partial charge < -0.3 is 5.32 Å². The van der Waals surface area contributed by atoms with Gasteiger partial charge in [-0.2, -0.15) is 0 Å². The Morgan fingerprint density at radius 1 is 1.35 bits per heavy atom. The molecule has 1 aromatic carbocycles. The Morgan fingerprint density at radius 2 is 2.24 bits per heavy atom. The molecular formula is C12H15N5. The number of rotatable bonds is 3. The van der Waals surface area contributed by atoms with Gasteiger partial charge in [-0.15, -0.1) is 5.10 Å². The van der Waals surface area contributed by atoms with Crippen LogP contribution in [0.25, 0.3) is 5.69 Å². The van der Waals surface area contributed by atoms with Crippen molar-refractivity contribution in [3.8, 4) is 5.69 Å². The molecule has 1 heterocycles. The molecule has 1 N–H and O–H groups in total. The van der Waals surface area contributed by atoms with E-state index in [4.69, 9.17) is 0 Å². The maximum absolute atomic E-state index is 3.91. The van der Waals surface area contributed by atoms with Gasteiger partial charge in [-0.05, 0) is 53.9 Å². The van der Waals surface area contributed by atoms with Crippen LogP contribution in [0.2, 0.25) is 0 Å². The van der Waals surface area contributed by atoms with Crippen molar-refractivity contribution in [1.29, 1.82) is 0 Å². The topological polar surface area (TPSA) is 55.6 Å². The zero-order chi connectivity index (χ0) is 11.7. The van der Waals surface area contributed by atoms with Crippen molar-refractivity contribution in [2.45, 2.75) is 24.8 Å². The molecule has 0 saturated heterocycles. The average molecular weight is 229 g/mol. The van der Waals surface area contributed by atoms with Crippen LogP contribution in [0.3, 0.4) is 0 Å². The zero-order valence-corrected chi connectivity index (χ0v) is 9.74. The molecule has 0 atom stereocenters. The van der Waals surface area contributed by atoms with Gasteiger partial charge in [-0.25, -0.2) is 4.68 Å². The van der Waals surface area contributed by atoms with E-state index in [-0.39, 0.29) is 0 Å². The first-order valence-electron chi connectivity index (χ1n) is 5.87. The molecule has 0 amide bonds. The first-order valence-corrected chi connectivity index (χ1v) is 5.87. The SMILES string of the molecule is CNC1CC(c2cccc(-n3cnnn3)c2)C1. The van der Waals surface area contributed by atoms with Crippen molar-refractivity contribution in [3.63, 3.8) is 0 Å². The molecule has 3 rings (SSSR count). The Bertz CT molecular complexity index is 487. The van der Waals surface area contributed by atoms with E-state index >= 15 is 0 Å². The highest BCUT2D eigenvalue weighted by atomic mass is 15.5. The summed E-state index contributed by atoms with van der Waals surface area (Å²) in [7, 11) is 2.03. The quantitative estimate of drug-likeness (QED) is 0.857. The highest BCUT2D eigenvalue weighted by Gasteiger charge is 2.28. The number of benzene rings is 1. The normalized spacial score (nSPS) is 23.4. The van der Waals surface area contributed by atoms with E-state index in [9.17, 15) is 0 Å². The summed E-state index contributed by atoms with van der Waals surface area (Å²) in [4.78, 5) is 0. The number of tetrazole rings is 1. The number of nitrogens with one attached hydrogen (secondary N) is 1. The van der Waals surface area contributed by atoms with E-state index in [0.29, 0.717) is 12.0 Å². The minimum Gasteiger partial charge on any atom is -0.317 e. The fourth-order valence-corrected chi connectivity index (χ4v) is 2.33. The molecule has 1 fully saturated rings. The highest BCUT2D eigenvalue weighted by molar-refractivity contribution is 5.37. The molecule has 2 aromatic rings. The molecule has 1 aliphatic carbocycles. The zero-order valence-electron chi connectivity index (χ0n) is 9.74. The third-order valence-corrected chi connectivity index (χ3v) is 3.50. The van der Waals surface area contributed by atoms with Crippen LogP contribution in [-0.4, -0.2) is 33.3 Å². The molecule has 0 bridgehead atoms. The first kappa shape index (κ1) is 10.4. The van der Waals surface area contributed by atoms with Crippen LogP contribution in [0.5, 0.6) is 0 Å². The van der Waals surface area contributed by atoms with Crippen molar-refractivity contribution in [2.24, 2.45) is 0 Å². The third-order valence-electron chi connectivity index (χ3n) is 3.50. The van der Waals surface area contributed by atoms with Gasteiger partial charge in [0.25, 0.3) is 0 Å². The van der Waals surface area contributed by atoms with E-state index in [1.807, 2.05) is 13.1 Å². The Labute approximate surface area is 99.8 Å². The fraction of sp³-hybridized carbons (Fsp3) is 0.417. The van der Waals surface area contributed by atoms with Crippen LogP contribution in [-0.2, 0) is 0 Å². The van der Waals surface area contributed by atoms with Gasteiger partial charge in [0.15, 0.2) is 0 Å².